The van der Waals surface area contributed by atoms with Gasteiger partial charge >= 0.3 is 0 Å². The number of ether oxygens (including phenoxy) is 1. The van der Waals surface area contributed by atoms with Gasteiger partial charge < -0.3 is 14.6 Å². The normalized spacial score (nSPS) is 16.0. The van der Waals surface area contributed by atoms with Crippen LogP contribution in [-0.4, -0.2) is 52.8 Å². The van der Waals surface area contributed by atoms with E-state index in [4.69, 9.17) is 20.9 Å². The first-order valence-electron chi connectivity index (χ1n) is 11.2. The van der Waals surface area contributed by atoms with Crippen molar-refractivity contribution in [2.75, 3.05) is 36.5 Å². The first-order valence-corrected chi connectivity index (χ1v) is 11.6. The summed E-state index contributed by atoms with van der Waals surface area (Å²) in [4.78, 5) is 26.6. The number of aromatic nitrogens is 4. The molecule has 1 fully saturated rings. The fourth-order valence-electron chi connectivity index (χ4n) is 3.75. The summed E-state index contributed by atoms with van der Waals surface area (Å²) in [5, 5.41) is 7.76. The summed E-state index contributed by atoms with van der Waals surface area (Å²) in [6, 6.07) is 5.61. The Hall–Kier alpha value is -3.30. The van der Waals surface area contributed by atoms with Crippen molar-refractivity contribution in [3.63, 3.8) is 0 Å². The molecule has 178 valence electrons. The van der Waals surface area contributed by atoms with Crippen molar-refractivity contribution in [3.05, 3.63) is 46.4 Å². The molecule has 0 spiro atoms. The van der Waals surface area contributed by atoms with Crippen molar-refractivity contribution in [2.24, 2.45) is 5.92 Å². The lowest BCUT2D eigenvalue weighted by molar-refractivity contribution is -0.107. The van der Waals surface area contributed by atoms with Crippen molar-refractivity contribution in [2.45, 2.75) is 27.2 Å². The van der Waals surface area contributed by atoms with Crippen molar-refractivity contribution >= 4 is 41.4 Å². The number of benzene rings is 1. The monoisotopic (exact) mass is 482 g/mol. The van der Waals surface area contributed by atoms with E-state index < -0.39 is 0 Å². The van der Waals surface area contributed by atoms with Crippen LogP contribution in [0.5, 0.6) is 0 Å². The molecule has 1 atom stereocenters. The van der Waals surface area contributed by atoms with Crippen LogP contribution in [0.1, 0.15) is 37.3 Å². The predicted molar refractivity (Wildman–Crippen MR) is 132 cm³/mol. The highest BCUT2D eigenvalue weighted by Crippen LogP contribution is 2.31. The molecule has 0 bridgehead atoms. The van der Waals surface area contributed by atoms with Crippen LogP contribution in [0.2, 0.25) is 5.02 Å². The molecule has 1 unspecified atom stereocenters. The molecule has 3 aromatic rings. The number of nitrogens with zero attached hydrogens (tertiary/aromatic N) is 5. The quantitative estimate of drug-likeness (QED) is 0.445. The smallest absolute Gasteiger partial charge is 0.224 e. The fraction of sp³-hybridized carbons (Fsp3) is 0.375. The van der Waals surface area contributed by atoms with E-state index in [2.05, 4.69) is 25.4 Å². The van der Waals surface area contributed by atoms with Crippen LogP contribution in [0.15, 0.2) is 28.9 Å². The Bertz CT molecular complexity index is 1190. The first kappa shape index (κ1) is 23.8. The predicted octanol–water partition coefficient (Wildman–Crippen LogP) is 4.48. The van der Waals surface area contributed by atoms with Gasteiger partial charge in [-0.15, -0.1) is 0 Å². The van der Waals surface area contributed by atoms with Gasteiger partial charge in [-0.25, -0.2) is 4.98 Å². The molecule has 0 radical (unpaired) electrons. The topological polar surface area (TPSA) is 106 Å². The molecule has 10 heteroatoms. The number of anilines is 2. The third kappa shape index (κ3) is 5.43. The minimum Gasteiger partial charge on any atom is -0.381 e. The molecule has 0 aliphatic carbocycles. The number of rotatable bonds is 9. The fourth-order valence-corrected chi connectivity index (χ4v) is 4.08. The SMILES string of the molecule is CCN(C=O)c1nc(NCC2CCOC2)ncc1/C=C(\C)c1ccc(-c2noc(C)n2)cc1Cl. The summed E-state index contributed by atoms with van der Waals surface area (Å²) in [5.74, 6) is 2.43. The minimum atomic E-state index is 0.434. The van der Waals surface area contributed by atoms with Gasteiger partial charge in [0, 0.05) is 54.9 Å². The Morgan fingerprint density at radius 3 is 2.85 bits per heavy atom. The Balaban J connectivity index is 1.61. The first-order chi connectivity index (χ1) is 16.5. The van der Waals surface area contributed by atoms with Crippen LogP contribution < -0.4 is 10.2 Å². The van der Waals surface area contributed by atoms with Crippen LogP contribution in [0, 0.1) is 12.8 Å². The summed E-state index contributed by atoms with van der Waals surface area (Å²) in [6.45, 7) is 8.32. The maximum atomic E-state index is 11.7. The highest BCUT2D eigenvalue weighted by atomic mass is 35.5. The second kappa shape index (κ2) is 10.8. The van der Waals surface area contributed by atoms with Crippen LogP contribution in [-0.2, 0) is 9.53 Å². The molecule has 1 N–H and O–H groups in total. The maximum absolute atomic E-state index is 11.7. The molecule has 1 saturated heterocycles. The van der Waals surface area contributed by atoms with Gasteiger partial charge in [-0.1, -0.05) is 28.9 Å². The highest BCUT2D eigenvalue weighted by molar-refractivity contribution is 6.32. The molecule has 3 heterocycles. The lowest BCUT2D eigenvalue weighted by Gasteiger charge is -2.18. The van der Waals surface area contributed by atoms with E-state index in [0.29, 0.717) is 41.0 Å². The second-order valence-corrected chi connectivity index (χ2v) is 8.54. The van der Waals surface area contributed by atoms with Gasteiger partial charge in [0.2, 0.25) is 24.1 Å². The molecular formula is C24H27ClN6O3. The molecule has 4 rings (SSSR count). The number of halogens is 1. The standard InChI is InChI=1S/C24H27ClN6O3/c1-4-31(14-32)23-19(12-27-24(29-23)26-11-17-7-8-33-13-17)9-15(2)20-6-5-18(10-21(20)25)22-28-16(3)34-30-22/h5-6,9-10,12,14,17H,4,7-8,11,13H2,1-3H3,(H,26,27,29)/b15-9+. The van der Waals surface area contributed by atoms with Crippen LogP contribution in [0.3, 0.4) is 0 Å². The van der Waals surface area contributed by atoms with Crippen molar-refractivity contribution in [1.82, 2.24) is 20.1 Å². The number of nitrogens with one attached hydrogen (secondary N) is 1. The zero-order valence-corrected chi connectivity index (χ0v) is 20.2. The summed E-state index contributed by atoms with van der Waals surface area (Å²) >= 11 is 6.59. The summed E-state index contributed by atoms with van der Waals surface area (Å²) < 4.78 is 10.5. The molecule has 1 aromatic carbocycles. The van der Waals surface area contributed by atoms with Gasteiger partial charge in [0.25, 0.3) is 0 Å². The molecule has 34 heavy (non-hydrogen) atoms. The maximum Gasteiger partial charge on any atom is 0.224 e. The molecule has 9 nitrogen and oxygen atoms in total. The average Bonchev–Trinajstić information content (AvgIpc) is 3.51. The van der Waals surface area contributed by atoms with Crippen molar-refractivity contribution in [1.29, 1.82) is 0 Å². The van der Waals surface area contributed by atoms with E-state index in [-0.39, 0.29) is 0 Å². The number of aryl methyl sites for hydroxylation is 1. The number of allylic oxidation sites excluding steroid dienone is 1. The van der Waals surface area contributed by atoms with Crippen LogP contribution >= 0.6 is 11.6 Å². The van der Waals surface area contributed by atoms with Gasteiger partial charge in [-0.05, 0) is 43.5 Å². The van der Waals surface area contributed by atoms with E-state index in [1.54, 1.807) is 24.1 Å². The van der Waals surface area contributed by atoms with Crippen molar-refractivity contribution in [3.8, 4) is 11.4 Å². The number of hydrogen-bond acceptors (Lipinski definition) is 8. The van der Waals surface area contributed by atoms with E-state index in [1.165, 1.54) is 0 Å². The van der Waals surface area contributed by atoms with Crippen LogP contribution in [0.4, 0.5) is 11.8 Å². The molecule has 0 saturated carbocycles. The number of amides is 1. The highest BCUT2D eigenvalue weighted by Gasteiger charge is 2.17. The largest absolute Gasteiger partial charge is 0.381 e. The van der Waals surface area contributed by atoms with Gasteiger partial charge in [0.15, 0.2) is 0 Å². The van der Waals surface area contributed by atoms with Crippen LogP contribution in [0.25, 0.3) is 23.0 Å². The molecule has 1 aliphatic heterocycles. The Labute approximate surface area is 203 Å². The molecular weight excluding hydrogens is 456 g/mol. The Morgan fingerprint density at radius 2 is 2.21 bits per heavy atom. The summed E-state index contributed by atoms with van der Waals surface area (Å²) in [5.41, 5.74) is 3.23. The van der Waals surface area contributed by atoms with Gasteiger partial charge in [-0.3, -0.25) is 9.69 Å². The number of carbonyl (C=O) groups excluding carboxylic acids is 1. The lowest BCUT2D eigenvalue weighted by Crippen LogP contribution is -2.24. The second-order valence-electron chi connectivity index (χ2n) is 8.13. The molecule has 2 aromatic heterocycles. The molecule has 1 aliphatic rings. The minimum absolute atomic E-state index is 0.434. The van der Waals surface area contributed by atoms with E-state index in [9.17, 15) is 4.79 Å². The average molecular weight is 483 g/mol. The van der Waals surface area contributed by atoms with E-state index in [0.717, 1.165) is 54.9 Å². The Morgan fingerprint density at radius 1 is 1.35 bits per heavy atom. The summed E-state index contributed by atoms with van der Waals surface area (Å²) in [6.07, 6.45) is 5.44. The zero-order valence-electron chi connectivity index (χ0n) is 19.4. The third-order valence-corrected chi connectivity index (χ3v) is 5.97. The van der Waals surface area contributed by atoms with Gasteiger partial charge in [-0.2, -0.15) is 9.97 Å². The van der Waals surface area contributed by atoms with Gasteiger partial charge in [0.05, 0.1) is 6.61 Å². The van der Waals surface area contributed by atoms with Crippen molar-refractivity contribution < 1.29 is 14.1 Å². The zero-order chi connectivity index (χ0) is 24.1. The Kier molecular flexibility index (Phi) is 7.54. The van der Waals surface area contributed by atoms with E-state index >= 15 is 0 Å². The number of hydrogen-bond donors (Lipinski definition) is 1. The third-order valence-electron chi connectivity index (χ3n) is 5.66. The van der Waals surface area contributed by atoms with Gasteiger partial charge in [0.1, 0.15) is 5.82 Å². The molecule has 1 amide bonds. The lowest BCUT2D eigenvalue weighted by atomic mass is 10.0. The number of carbonyl (C=O) groups is 1. The van der Waals surface area contributed by atoms with E-state index in [1.807, 2.05) is 32.1 Å². The summed E-state index contributed by atoms with van der Waals surface area (Å²) in [7, 11) is 0.